The Balaban J connectivity index is 1.81. The van der Waals surface area contributed by atoms with Crippen molar-refractivity contribution < 1.29 is 8.94 Å². The highest BCUT2D eigenvalue weighted by atomic mass is 16.5. The molecule has 2 N–H and O–H groups in total. The van der Waals surface area contributed by atoms with Gasteiger partial charge in [-0.25, -0.2) is 0 Å². The summed E-state index contributed by atoms with van der Waals surface area (Å²) in [5.41, 5.74) is 0. The average molecular weight is 237 g/mol. The standard InChI is InChI=1S/C10H15N5O2/c1-7(2)11-6-9-14-15-10(16-9)12-5-8-3-4-13-17-8/h3-4,7,11H,5-6H2,1-2H3,(H,12,15). The molecule has 0 saturated carbocycles. The quantitative estimate of drug-likeness (QED) is 0.779. The van der Waals surface area contributed by atoms with Gasteiger partial charge in [0.25, 0.3) is 0 Å². The maximum absolute atomic E-state index is 5.37. The van der Waals surface area contributed by atoms with E-state index in [0.717, 1.165) is 0 Å². The van der Waals surface area contributed by atoms with E-state index in [2.05, 4.69) is 39.8 Å². The lowest BCUT2D eigenvalue weighted by Gasteiger charge is -2.03. The lowest BCUT2D eigenvalue weighted by atomic mass is 10.4. The van der Waals surface area contributed by atoms with Crippen LogP contribution in [0.2, 0.25) is 0 Å². The summed E-state index contributed by atoms with van der Waals surface area (Å²) in [6, 6.07) is 2.53. The van der Waals surface area contributed by atoms with Gasteiger partial charge in [0.2, 0.25) is 5.89 Å². The molecule has 2 aromatic heterocycles. The molecule has 7 nitrogen and oxygen atoms in total. The van der Waals surface area contributed by atoms with E-state index in [9.17, 15) is 0 Å². The van der Waals surface area contributed by atoms with Gasteiger partial charge in [-0.2, -0.15) is 0 Å². The zero-order valence-electron chi connectivity index (χ0n) is 9.80. The largest absolute Gasteiger partial charge is 0.407 e. The first kappa shape index (κ1) is 11.6. The topological polar surface area (TPSA) is 89.0 Å². The highest BCUT2D eigenvalue weighted by Crippen LogP contribution is 2.07. The van der Waals surface area contributed by atoms with Crippen molar-refractivity contribution in [3.05, 3.63) is 23.9 Å². The molecule has 0 amide bonds. The van der Waals surface area contributed by atoms with Crippen molar-refractivity contribution in [1.82, 2.24) is 20.7 Å². The van der Waals surface area contributed by atoms with Gasteiger partial charge in [0, 0.05) is 12.1 Å². The highest BCUT2D eigenvalue weighted by Gasteiger charge is 2.06. The van der Waals surface area contributed by atoms with Gasteiger partial charge in [-0.3, -0.25) is 0 Å². The molecule has 0 bridgehead atoms. The number of rotatable bonds is 6. The Labute approximate surface area is 98.6 Å². The van der Waals surface area contributed by atoms with Crippen LogP contribution in [0.15, 0.2) is 21.2 Å². The maximum atomic E-state index is 5.37. The molecule has 0 aromatic carbocycles. The molecule has 0 fully saturated rings. The van der Waals surface area contributed by atoms with Crippen LogP contribution in [-0.4, -0.2) is 21.4 Å². The van der Waals surface area contributed by atoms with Crippen LogP contribution >= 0.6 is 0 Å². The molecular formula is C10H15N5O2. The van der Waals surface area contributed by atoms with E-state index in [1.165, 1.54) is 0 Å². The molecule has 0 aliphatic rings. The van der Waals surface area contributed by atoms with Crippen molar-refractivity contribution in [3.8, 4) is 0 Å². The summed E-state index contributed by atoms with van der Waals surface area (Å²) in [6.45, 7) is 5.15. The molecule has 0 atom stereocenters. The predicted molar refractivity (Wildman–Crippen MR) is 60.1 cm³/mol. The van der Waals surface area contributed by atoms with Crippen LogP contribution in [0, 0.1) is 0 Å². The number of nitrogens with one attached hydrogen (secondary N) is 2. The SMILES string of the molecule is CC(C)NCc1nnc(NCc2ccno2)o1. The summed E-state index contributed by atoms with van der Waals surface area (Å²) in [5.74, 6) is 1.27. The molecule has 0 aliphatic carbocycles. The first-order chi connectivity index (χ1) is 8.24. The van der Waals surface area contributed by atoms with Crippen LogP contribution in [0.3, 0.4) is 0 Å². The van der Waals surface area contributed by atoms with Crippen LogP contribution in [-0.2, 0) is 13.1 Å². The van der Waals surface area contributed by atoms with Crippen molar-refractivity contribution in [3.63, 3.8) is 0 Å². The number of hydrogen-bond acceptors (Lipinski definition) is 7. The Morgan fingerprint density at radius 2 is 2.18 bits per heavy atom. The third kappa shape index (κ3) is 3.56. The minimum absolute atomic E-state index is 0.377. The molecule has 2 aromatic rings. The lowest BCUT2D eigenvalue weighted by molar-refractivity contribution is 0.386. The highest BCUT2D eigenvalue weighted by molar-refractivity contribution is 5.18. The molecule has 0 radical (unpaired) electrons. The molecule has 0 aliphatic heterocycles. The fraction of sp³-hybridized carbons (Fsp3) is 0.500. The van der Waals surface area contributed by atoms with E-state index < -0.39 is 0 Å². The van der Waals surface area contributed by atoms with Crippen molar-refractivity contribution >= 4 is 6.01 Å². The van der Waals surface area contributed by atoms with E-state index in [1.54, 1.807) is 12.3 Å². The lowest BCUT2D eigenvalue weighted by Crippen LogP contribution is -2.21. The average Bonchev–Trinajstić information content (AvgIpc) is 2.95. The molecule has 0 saturated heterocycles. The Kier molecular flexibility index (Phi) is 3.71. The summed E-state index contributed by atoms with van der Waals surface area (Å²) >= 11 is 0. The fourth-order valence-corrected chi connectivity index (χ4v) is 1.18. The molecular weight excluding hydrogens is 222 g/mol. The van der Waals surface area contributed by atoms with Gasteiger partial charge in [-0.1, -0.05) is 24.1 Å². The molecule has 17 heavy (non-hydrogen) atoms. The first-order valence-corrected chi connectivity index (χ1v) is 5.43. The second-order valence-corrected chi connectivity index (χ2v) is 3.87. The van der Waals surface area contributed by atoms with Crippen molar-refractivity contribution in [1.29, 1.82) is 0 Å². The smallest absolute Gasteiger partial charge is 0.315 e. The van der Waals surface area contributed by atoms with Crippen LogP contribution in [0.4, 0.5) is 6.01 Å². The van der Waals surface area contributed by atoms with Crippen molar-refractivity contribution in [2.45, 2.75) is 33.0 Å². The van der Waals surface area contributed by atoms with Crippen LogP contribution in [0.1, 0.15) is 25.5 Å². The number of anilines is 1. The van der Waals surface area contributed by atoms with Gasteiger partial charge < -0.3 is 19.6 Å². The Morgan fingerprint density at radius 1 is 1.29 bits per heavy atom. The Hall–Kier alpha value is -1.89. The third-order valence-electron chi connectivity index (χ3n) is 2.03. The minimum atomic E-state index is 0.377. The molecule has 7 heteroatoms. The van der Waals surface area contributed by atoms with Gasteiger partial charge >= 0.3 is 6.01 Å². The van der Waals surface area contributed by atoms with E-state index in [1.807, 2.05) is 0 Å². The fourth-order valence-electron chi connectivity index (χ4n) is 1.18. The van der Waals surface area contributed by atoms with Gasteiger partial charge in [0.05, 0.1) is 19.3 Å². The first-order valence-electron chi connectivity index (χ1n) is 5.43. The number of nitrogens with zero attached hydrogens (tertiary/aromatic N) is 3. The second-order valence-electron chi connectivity index (χ2n) is 3.87. The van der Waals surface area contributed by atoms with E-state index >= 15 is 0 Å². The molecule has 2 heterocycles. The van der Waals surface area contributed by atoms with E-state index in [4.69, 9.17) is 8.94 Å². The van der Waals surface area contributed by atoms with Crippen LogP contribution < -0.4 is 10.6 Å². The summed E-state index contributed by atoms with van der Waals surface area (Å²) < 4.78 is 10.3. The molecule has 2 rings (SSSR count). The molecule has 92 valence electrons. The summed E-state index contributed by atoms with van der Waals surface area (Å²) in [6.07, 6.45) is 1.59. The summed E-state index contributed by atoms with van der Waals surface area (Å²) in [4.78, 5) is 0. The molecule has 0 unspecified atom stereocenters. The van der Waals surface area contributed by atoms with Crippen molar-refractivity contribution in [2.24, 2.45) is 0 Å². The monoisotopic (exact) mass is 237 g/mol. The summed E-state index contributed by atoms with van der Waals surface area (Å²) in [5, 5.41) is 17.5. The van der Waals surface area contributed by atoms with E-state index in [-0.39, 0.29) is 0 Å². The summed E-state index contributed by atoms with van der Waals surface area (Å²) in [7, 11) is 0. The third-order valence-corrected chi connectivity index (χ3v) is 2.03. The predicted octanol–water partition coefficient (Wildman–Crippen LogP) is 1.17. The number of hydrogen-bond donors (Lipinski definition) is 2. The zero-order chi connectivity index (χ0) is 12.1. The second kappa shape index (κ2) is 5.44. The van der Waals surface area contributed by atoms with Crippen LogP contribution in [0.25, 0.3) is 0 Å². The van der Waals surface area contributed by atoms with Gasteiger partial charge in [-0.05, 0) is 0 Å². The van der Waals surface area contributed by atoms with E-state index in [0.29, 0.717) is 36.8 Å². The number of aromatic nitrogens is 3. The van der Waals surface area contributed by atoms with Gasteiger partial charge in [0.1, 0.15) is 0 Å². The maximum Gasteiger partial charge on any atom is 0.315 e. The Bertz CT molecular complexity index is 437. The Morgan fingerprint density at radius 3 is 2.88 bits per heavy atom. The van der Waals surface area contributed by atoms with Crippen LogP contribution in [0.5, 0.6) is 0 Å². The minimum Gasteiger partial charge on any atom is -0.407 e. The zero-order valence-corrected chi connectivity index (χ0v) is 9.80. The molecule has 0 spiro atoms. The van der Waals surface area contributed by atoms with Gasteiger partial charge in [-0.15, -0.1) is 5.10 Å². The van der Waals surface area contributed by atoms with Gasteiger partial charge in [0.15, 0.2) is 5.76 Å². The normalized spacial score (nSPS) is 11.0. The van der Waals surface area contributed by atoms with Crippen molar-refractivity contribution in [2.75, 3.05) is 5.32 Å².